The van der Waals surface area contributed by atoms with Crippen molar-refractivity contribution in [2.24, 2.45) is 0 Å². The zero-order chi connectivity index (χ0) is 21.4. The van der Waals surface area contributed by atoms with Crippen molar-refractivity contribution in [3.63, 3.8) is 0 Å². The molecule has 0 heterocycles. The van der Waals surface area contributed by atoms with E-state index in [-0.39, 0.29) is 6.54 Å². The van der Waals surface area contributed by atoms with Crippen molar-refractivity contribution < 1.29 is 23.5 Å². The Labute approximate surface area is 176 Å². The number of amides is 2. The van der Waals surface area contributed by atoms with Crippen LogP contribution in [0, 0.1) is 5.82 Å². The summed E-state index contributed by atoms with van der Waals surface area (Å²) in [6.07, 6.45) is 2.53. The molecule has 0 aliphatic carbocycles. The molecule has 1 N–H and O–H groups in total. The van der Waals surface area contributed by atoms with E-state index in [9.17, 15) is 18.8 Å². The molecule has 0 atom stereocenters. The minimum Gasteiger partial charge on any atom is -0.452 e. The number of nitrogens with one attached hydrogen (secondary N) is 1. The maximum absolute atomic E-state index is 12.9. The van der Waals surface area contributed by atoms with Gasteiger partial charge in [-0.05, 0) is 42.0 Å². The normalized spacial score (nSPS) is 10.6. The first-order valence-corrected chi connectivity index (χ1v) is 9.10. The van der Waals surface area contributed by atoms with Crippen molar-refractivity contribution in [3.8, 4) is 0 Å². The molecule has 2 rings (SSSR count). The minimum absolute atomic E-state index is 0.262. The van der Waals surface area contributed by atoms with Crippen LogP contribution in [0.2, 0.25) is 10.0 Å². The molecule has 0 aromatic heterocycles. The fourth-order valence-corrected chi connectivity index (χ4v) is 2.51. The van der Waals surface area contributed by atoms with Gasteiger partial charge in [-0.1, -0.05) is 35.3 Å². The van der Waals surface area contributed by atoms with Gasteiger partial charge in [-0.2, -0.15) is 0 Å². The number of benzene rings is 2. The molecule has 0 saturated heterocycles. The molecule has 2 aromatic rings. The van der Waals surface area contributed by atoms with Crippen molar-refractivity contribution >= 4 is 52.7 Å². The molecule has 2 aromatic carbocycles. The largest absolute Gasteiger partial charge is 0.452 e. The van der Waals surface area contributed by atoms with Crippen LogP contribution in [0.15, 0.2) is 48.5 Å². The van der Waals surface area contributed by atoms with Crippen LogP contribution in [0.4, 0.5) is 10.1 Å². The molecule has 0 radical (unpaired) electrons. The van der Waals surface area contributed by atoms with Gasteiger partial charge in [0.25, 0.3) is 5.91 Å². The van der Waals surface area contributed by atoms with Gasteiger partial charge in [-0.15, -0.1) is 0 Å². The minimum atomic E-state index is -0.751. The third-order valence-corrected chi connectivity index (χ3v) is 4.49. The van der Waals surface area contributed by atoms with Crippen molar-refractivity contribution in [3.05, 3.63) is 70.0 Å². The molecule has 2 amide bonds. The van der Waals surface area contributed by atoms with Gasteiger partial charge in [0, 0.05) is 18.8 Å². The van der Waals surface area contributed by atoms with E-state index in [0.717, 1.165) is 11.0 Å². The Morgan fingerprint density at radius 1 is 1.14 bits per heavy atom. The number of likely N-dealkylation sites (N-methyl/N-ethyl adjacent to an activating group) is 1. The number of nitrogens with zero attached hydrogens (tertiary/aromatic N) is 1. The van der Waals surface area contributed by atoms with Gasteiger partial charge in [0.2, 0.25) is 5.91 Å². The second-order valence-electron chi connectivity index (χ2n) is 5.89. The molecule has 0 fully saturated rings. The summed E-state index contributed by atoms with van der Waals surface area (Å²) in [6, 6.07) is 10.2. The zero-order valence-electron chi connectivity index (χ0n) is 15.3. The third kappa shape index (κ3) is 7.21. The second kappa shape index (κ2) is 10.6. The second-order valence-corrected chi connectivity index (χ2v) is 6.67. The van der Waals surface area contributed by atoms with Crippen LogP contribution in [0.3, 0.4) is 0 Å². The SMILES string of the molecule is CN(CC(=O)Nc1ccc(F)cc1)C(=O)COC(=O)/C=C/c1cccc(Cl)c1Cl. The lowest BCUT2D eigenvalue weighted by Gasteiger charge is -2.16. The fourth-order valence-electron chi connectivity index (χ4n) is 2.14. The molecule has 152 valence electrons. The monoisotopic (exact) mass is 438 g/mol. The summed E-state index contributed by atoms with van der Waals surface area (Å²) in [7, 11) is 1.39. The van der Waals surface area contributed by atoms with Gasteiger partial charge in [0.15, 0.2) is 6.61 Å². The molecule has 6 nitrogen and oxygen atoms in total. The van der Waals surface area contributed by atoms with Gasteiger partial charge >= 0.3 is 5.97 Å². The molecule has 0 spiro atoms. The van der Waals surface area contributed by atoms with E-state index in [1.54, 1.807) is 18.2 Å². The fraction of sp³-hybridized carbons (Fsp3) is 0.150. The average Bonchev–Trinajstić information content (AvgIpc) is 2.68. The van der Waals surface area contributed by atoms with Crippen molar-refractivity contribution in [2.75, 3.05) is 25.5 Å². The topological polar surface area (TPSA) is 75.7 Å². The van der Waals surface area contributed by atoms with Gasteiger partial charge in [0.1, 0.15) is 5.82 Å². The van der Waals surface area contributed by atoms with Crippen LogP contribution < -0.4 is 5.32 Å². The van der Waals surface area contributed by atoms with Crippen LogP contribution >= 0.6 is 23.2 Å². The molecule has 0 saturated carbocycles. The molecular weight excluding hydrogens is 422 g/mol. The summed E-state index contributed by atoms with van der Waals surface area (Å²) in [5.74, 6) is -2.22. The number of halogens is 3. The van der Waals surface area contributed by atoms with Gasteiger partial charge in [-0.3, -0.25) is 9.59 Å². The number of hydrogen-bond acceptors (Lipinski definition) is 4. The summed E-state index contributed by atoms with van der Waals surface area (Å²) < 4.78 is 17.7. The number of ether oxygens (including phenoxy) is 1. The maximum atomic E-state index is 12.9. The van der Waals surface area contributed by atoms with Gasteiger partial charge in [0.05, 0.1) is 16.6 Å². The molecule has 29 heavy (non-hydrogen) atoms. The summed E-state index contributed by atoms with van der Waals surface area (Å²) in [5, 5.41) is 3.16. The molecule has 0 aliphatic heterocycles. The average molecular weight is 439 g/mol. The van der Waals surface area contributed by atoms with Crippen LogP contribution in [-0.4, -0.2) is 42.9 Å². The Bertz CT molecular complexity index is 933. The standard InChI is InChI=1S/C20H17Cl2FN2O4/c1-25(11-17(26)24-15-8-6-14(23)7-9-15)18(27)12-29-19(28)10-5-13-3-2-4-16(21)20(13)22/h2-10H,11-12H2,1H3,(H,24,26)/b10-5+. The van der Waals surface area contributed by atoms with E-state index in [1.807, 2.05) is 0 Å². The van der Waals surface area contributed by atoms with Crippen LogP contribution in [0.25, 0.3) is 6.08 Å². The van der Waals surface area contributed by atoms with Gasteiger partial charge < -0.3 is 15.0 Å². The Hall–Kier alpha value is -2.90. The first-order valence-electron chi connectivity index (χ1n) is 8.34. The highest BCUT2D eigenvalue weighted by Crippen LogP contribution is 2.26. The van der Waals surface area contributed by atoms with Crippen LogP contribution in [-0.2, 0) is 19.1 Å². The maximum Gasteiger partial charge on any atom is 0.331 e. The van der Waals surface area contributed by atoms with Crippen molar-refractivity contribution in [2.45, 2.75) is 0 Å². The Kier molecular flexibility index (Phi) is 8.18. The first-order chi connectivity index (χ1) is 13.8. The molecular formula is C20H17Cl2FN2O4. The Morgan fingerprint density at radius 2 is 1.83 bits per heavy atom. The lowest BCUT2D eigenvalue weighted by Crippen LogP contribution is -2.37. The number of rotatable bonds is 7. The lowest BCUT2D eigenvalue weighted by atomic mass is 10.2. The van der Waals surface area contributed by atoms with E-state index in [4.69, 9.17) is 27.9 Å². The number of hydrogen-bond donors (Lipinski definition) is 1. The van der Waals surface area contributed by atoms with Gasteiger partial charge in [-0.25, -0.2) is 9.18 Å². The van der Waals surface area contributed by atoms with Crippen molar-refractivity contribution in [1.29, 1.82) is 0 Å². The summed E-state index contributed by atoms with van der Waals surface area (Å²) in [5.41, 5.74) is 0.922. The molecule has 0 unspecified atom stereocenters. The zero-order valence-corrected chi connectivity index (χ0v) is 16.8. The highest BCUT2D eigenvalue weighted by atomic mass is 35.5. The molecule has 9 heteroatoms. The number of esters is 1. The molecule has 0 aliphatic rings. The lowest BCUT2D eigenvalue weighted by molar-refractivity contribution is -0.148. The van der Waals surface area contributed by atoms with E-state index >= 15 is 0 Å². The summed E-state index contributed by atoms with van der Waals surface area (Å²) >= 11 is 11.9. The quantitative estimate of drug-likeness (QED) is 0.526. The van der Waals surface area contributed by atoms with E-state index in [0.29, 0.717) is 21.3 Å². The Morgan fingerprint density at radius 3 is 2.52 bits per heavy atom. The van der Waals surface area contributed by atoms with Crippen LogP contribution in [0.1, 0.15) is 5.56 Å². The third-order valence-electron chi connectivity index (χ3n) is 3.65. The van der Waals surface area contributed by atoms with E-state index in [1.165, 1.54) is 37.4 Å². The van der Waals surface area contributed by atoms with Crippen molar-refractivity contribution in [1.82, 2.24) is 4.90 Å². The highest BCUT2D eigenvalue weighted by Gasteiger charge is 2.15. The first kappa shape index (κ1) is 22.4. The summed E-state index contributed by atoms with van der Waals surface area (Å²) in [6.45, 7) is -0.797. The highest BCUT2D eigenvalue weighted by molar-refractivity contribution is 6.42. The van der Waals surface area contributed by atoms with E-state index in [2.05, 4.69) is 5.32 Å². The Balaban J connectivity index is 1.79. The smallest absolute Gasteiger partial charge is 0.331 e. The number of carbonyl (C=O) groups excluding carboxylic acids is 3. The summed E-state index contributed by atoms with van der Waals surface area (Å²) in [4.78, 5) is 36.8. The number of carbonyl (C=O) groups is 3. The predicted molar refractivity (Wildman–Crippen MR) is 109 cm³/mol. The number of anilines is 1. The van der Waals surface area contributed by atoms with Crippen LogP contribution in [0.5, 0.6) is 0 Å². The predicted octanol–water partition coefficient (Wildman–Crippen LogP) is 3.79. The molecule has 0 bridgehead atoms. The van der Waals surface area contributed by atoms with E-state index < -0.39 is 30.2 Å².